The number of rotatable bonds is 3. The second-order valence-corrected chi connectivity index (χ2v) is 3.56. The van der Waals surface area contributed by atoms with Gasteiger partial charge in [0.2, 0.25) is 0 Å². The monoisotopic (exact) mass is 231 g/mol. The summed E-state index contributed by atoms with van der Waals surface area (Å²) in [6.45, 7) is 2.70. The Labute approximate surface area is 98.7 Å². The zero-order valence-corrected chi connectivity index (χ0v) is 9.42. The standard InChI is InChI=1S/C12H13N3O2/c1-2-15-8-9(7-13-15)14-12(17)10-5-3-4-6-11(10)16/h3-8,16H,2H2,1H3,(H,14,17). The molecule has 88 valence electrons. The Morgan fingerprint density at radius 2 is 2.24 bits per heavy atom. The first-order valence-corrected chi connectivity index (χ1v) is 5.32. The van der Waals surface area contributed by atoms with Crippen molar-refractivity contribution in [1.82, 2.24) is 9.78 Å². The molecule has 1 aromatic carbocycles. The zero-order chi connectivity index (χ0) is 12.3. The first-order chi connectivity index (χ1) is 8.20. The number of amides is 1. The molecule has 1 aromatic heterocycles. The highest BCUT2D eigenvalue weighted by molar-refractivity contribution is 6.05. The summed E-state index contributed by atoms with van der Waals surface area (Å²) in [5, 5.41) is 16.2. The van der Waals surface area contributed by atoms with Gasteiger partial charge in [-0.25, -0.2) is 0 Å². The number of aromatic nitrogens is 2. The van der Waals surface area contributed by atoms with E-state index in [2.05, 4.69) is 10.4 Å². The molecule has 0 aliphatic rings. The second kappa shape index (κ2) is 4.69. The Morgan fingerprint density at radius 3 is 2.88 bits per heavy atom. The number of nitrogens with one attached hydrogen (secondary N) is 1. The van der Waals surface area contributed by atoms with Gasteiger partial charge >= 0.3 is 0 Å². The SMILES string of the molecule is CCn1cc(NC(=O)c2ccccc2O)cn1. The summed E-state index contributed by atoms with van der Waals surface area (Å²) in [6.07, 6.45) is 3.30. The molecule has 5 heteroatoms. The maximum atomic E-state index is 11.8. The van der Waals surface area contributed by atoms with Gasteiger partial charge in [-0.05, 0) is 19.1 Å². The summed E-state index contributed by atoms with van der Waals surface area (Å²) < 4.78 is 1.71. The maximum absolute atomic E-state index is 11.8. The minimum absolute atomic E-state index is 0.0344. The Balaban J connectivity index is 2.14. The van der Waals surface area contributed by atoms with Crippen molar-refractivity contribution >= 4 is 11.6 Å². The third kappa shape index (κ3) is 2.44. The van der Waals surface area contributed by atoms with Crippen molar-refractivity contribution in [2.75, 3.05) is 5.32 Å². The molecule has 0 unspecified atom stereocenters. The van der Waals surface area contributed by atoms with Crippen LogP contribution in [-0.2, 0) is 6.54 Å². The lowest BCUT2D eigenvalue weighted by Gasteiger charge is -2.03. The highest BCUT2D eigenvalue weighted by Crippen LogP contribution is 2.17. The van der Waals surface area contributed by atoms with Crippen molar-refractivity contribution in [3.05, 3.63) is 42.2 Å². The van der Waals surface area contributed by atoms with Gasteiger partial charge in [0.1, 0.15) is 5.75 Å². The van der Waals surface area contributed by atoms with Crippen molar-refractivity contribution in [3.63, 3.8) is 0 Å². The fourth-order valence-corrected chi connectivity index (χ4v) is 1.47. The minimum Gasteiger partial charge on any atom is -0.507 e. The number of aryl methyl sites for hydroxylation is 1. The van der Waals surface area contributed by atoms with Crippen LogP contribution in [0, 0.1) is 0 Å². The maximum Gasteiger partial charge on any atom is 0.259 e. The normalized spacial score (nSPS) is 10.2. The molecule has 5 nitrogen and oxygen atoms in total. The molecular formula is C12H13N3O2. The van der Waals surface area contributed by atoms with Crippen molar-refractivity contribution in [1.29, 1.82) is 0 Å². The van der Waals surface area contributed by atoms with Crippen LogP contribution in [0.25, 0.3) is 0 Å². The average Bonchev–Trinajstić information content (AvgIpc) is 2.77. The molecule has 2 N–H and O–H groups in total. The van der Waals surface area contributed by atoms with Crippen LogP contribution in [-0.4, -0.2) is 20.8 Å². The van der Waals surface area contributed by atoms with Crippen LogP contribution < -0.4 is 5.32 Å². The van der Waals surface area contributed by atoms with E-state index in [0.717, 1.165) is 6.54 Å². The number of anilines is 1. The Morgan fingerprint density at radius 1 is 1.47 bits per heavy atom. The van der Waals surface area contributed by atoms with E-state index in [9.17, 15) is 9.90 Å². The molecule has 2 aromatic rings. The Bertz CT molecular complexity index is 534. The van der Waals surface area contributed by atoms with Gasteiger partial charge in [-0.3, -0.25) is 9.48 Å². The lowest BCUT2D eigenvalue weighted by Crippen LogP contribution is -2.11. The largest absolute Gasteiger partial charge is 0.507 e. The van der Waals surface area contributed by atoms with Crippen LogP contribution in [0.3, 0.4) is 0 Å². The van der Waals surface area contributed by atoms with Gasteiger partial charge in [0.25, 0.3) is 5.91 Å². The summed E-state index contributed by atoms with van der Waals surface area (Å²) in [7, 11) is 0. The number of benzene rings is 1. The Kier molecular flexibility index (Phi) is 3.09. The van der Waals surface area contributed by atoms with Crippen LogP contribution in [0.1, 0.15) is 17.3 Å². The number of hydrogen-bond acceptors (Lipinski definition) is 3. The topological polar surface area (TPSA) is 67.2 Å². The van der Waals surface area contributed by atoms with Gasteiger partial charge in [0.05, 0.1) is 17.4 Å². The summed E-state index contributed by atoms with van der Waals surface area (Å²) in [6, 6.07) is 6.41. The molecule has 1 heterocycles. The number of nitrogens with zero attached hydrogens (tertiary/aromatic N) is 2. The van der Waals surface area contributed by atoms with Gasteiger partial charge in [0.15, 0.2) is 0 Å². The van der Waals surface area contributed by atoms with E-state index in [0.29, 0.717) is 5.69 Å². The van der Waals surface area contributed by atoms with E-state index in [-0.39, 0.29) is 17.2 Å². The molecule has 0 aliphatic carbocycles. The van der Waals surface area contributed by atoms with Crippen LogP contribution in [0.2, 0.25) is 0 Å². The predicted octanol–water partition coefficient (Wildman–Crippen LogP) is 1.86. The molecule has 0 saturated heterocycles. The number of hydrogen-bond donors (Lipinski definition) is 2. The molecule has 0 aliphatic heterocycles. The zero-order valence-electron chi connectivity index (χ0n) is 9.42. The van der Waals surface area contributed by atoms with E-state index in [1.807, 2.05) is 6.92 Å². The number of phenols is 1. The number of carbonyl (C=O) groups is 1. The third-order valence-electron chi connectivity index (χ3n) is 2.36. The summed E-state index contributed by atoms with van der Waals surface area (Å²) >= 11 is 0. The van der Waals surface area contributed by atoms with E-state index in [4.69, 9.17) is 0 Å². The van der Waals surface area contributed by atoms with Crippen LogP contribution in [0.4, 0.5) is 5.69 Å². The smallest absolute Gasteiger partial charge is 0.259 e. The average molecular weight is 231 g/mol. The molecule has 0 radical (unpaired) electrons. The van der Waals surface area contributed by atoms with E-state index >= 15 is 0 Å². The first kappa shape index (κ1) is 11.2. The van der Waals surface area contributed by atoms with Gasteiger partial charge in [0, 0.05) is 12.7 Å². The van der Waals surface area contributed by atoms with Gasteiger partial charge in [-0.2, -0.15) is 5.10 Å². The van der Waals surface area contributed by atoms with Gasteiger partial charge in [-0.15, -0.1) is 0 Å². The molecule has 0 bridgehead atoms. The van der Waals surface area contributed by atoms with E-state index in [1.165, 1.54) is 6.07 Å². The van der Waals surface area contributed by atoms with Crippen LogP contribution in [0.5, 0.6) is 5.75 Å². The fraction of sp³-hybridized carbons (Fsp3) is 0.167. The van der Waals surface area contributed by atoms with Gasteiger partial charge in [-0.1, -0.05) is 12.1 Å². The number of aromatic hydroxyl groups is 1. The highest BCUT2D eigenvalue weighted by Gasteiger charge is 2.10. The lowest BCUT2D eigenvalue weighted by molar-refractivity contribution is 0.102. The van der Waals surface area contributed by atoms with E-state index in [1.54, 1.807) is 35.3 Å². The lowest BCUT2D eigenvalue weighted by atomic mass is 10.2. The minimum atomic E-state index is -0.348. The van der Waals surface area contributed by atoms with Crippen LogP contribution >= 0.6 is 0 Å². The summed E-state index contributed by atoms with van der Waals surface area (Å²) in [5.74, 6) is -0.383. The predicted molar refractivity (Wildman–Crippen MR) is 64.0 cm³/mol. The van der Waals surface area contributed by atoms with Gasteiger partial charge < -0.3 is 10.4 Å². The van der Waals surface area contributed by atoms with E-state index < -0.39 is 0 Å². The highest BCUT2D eigenvalue weighted by atomic mass is 16.3. The molecule has 2 rings (SSSR count). The molecule has 1 amide bonds. The molecule has 0 spiro atoms. The third-order valence-corrected chi connectivity index (χ3v) is 2.36. The Hall–Kier alpha value is -2.30. The fourth-order valence-electron chi connectivity index (χ4n) is 1.47. The molecule has 17 heavy (non-hydrogen) atoms. The summed E-state index contributed by atoms with van der Waals surface area (Å²) in [4.78, 5) is 11.8. The van der Waals surface area contributed by atoms with Crippen molar-refractivity contribution < 1.29 is 9.90 Å². The molecule has 0 atom stereocenters. The summed E-state index contributed by atoms with van der Waals surface area (Å²) in [5.41, 5.74) is 0.858. The first-order valence-electron chi connectivity index (χ1n) is 5.32. The molecule has 0 saturated carbocycles. The number of phenolic OH excluding ortho intramolecular Hbond substituents is 1. The number of para-hydroxylation sites is 1. The van der Waals surface area contributed by atoms with Crippen molar-refractivity contribution in [2.45, 2.75) is 13.5 Å². The molecule has 0 fully saturated rings. The molecular weight excluding hydrogens is 218 g/mol. The van der Waals surface area contributed by atoms with Crippen molar-refractivity contribution in [3.8, 4) is 5.75 Å². The quantitative estimate of drug-likeness (QED) is 0.847. The van der Waals surface area contributed by atoms with Crippen LogP contribution in [0.15, 0.2) is 36.7 Å². The second-order valence-electron chi connectivity index (χ2n) is 3.56. The van der Waals surface area contributed by atoms with Crippen molar-refractivity contribution in [2.24, 2.45) is 0 Å². The number of carbonyl (C=O) groups excluding carboxylic acids is 1.